The molecule has 1 heterocycles. The minimum absolute atomic E-state index is 0.214. The van der Waals surface area contributed by atoms with E-state index < -0.39 is 0 Å². The predicted octanol–water partition coefficient (Wildman–Crippen LogP) is 2.64. The van der Waals surface area contributed by atoms with Crippen molar-refractivity contribution >= 4 is 16.9 Å². The van der Waals surface area contributed by atoms with E-state index in [9.17, 15) is 9.18 Å². The third kappa shape index (κ3) is 2.90. The van der Waals surface area contributed by atoms with Crippen molar-refractivity contribution in [2.45, 2.75) is 6.54 Å². The van der Waals surface area contributed by atoms with Crippen molar-refractivity contribution in [3.8, 4) is 5.75 Å². The number of fused-ring (bicyclic) bond motifs is 1. The molecule has 1 amide bonds. The number of hydrogen-bond donors (Lipinski definition) is 2. The summed E-state index contributed by atoms with van der Waals surface area (Å²) in [6, 6.07) is 11.1. The number of aromatic nitrogens is 2. The van der Waals surface area contributed by atoms with Gasteiger partial charge < -0.3 is 15.0 Å². The number of hydrogen-bond acceptors (Lipinski definition) is 3. The summed E-state index contributed by atoms with van der Waals surface area (Å²) in [5.74, 6) is 0.720. The highest BCUT2D eigenvalue weighted by atomic mass is 19.1. The zero-order chi connectivity index (χ0) is 15.5. The first-order valence-corrected chi connectivity index (χ1v) is 6.72. The number of benzene rings is 2. The second kappa shape index (κ2) is 5.85. The van der Waals surface area contributed by atoms with E-state index >= 15 is 0 Å². The van der Waals surface area contributed by atoms with E-state index in [-0.39, 0.29) is 18.3 Å². The number of nitrogens with zero attached hydrogens (tertiary/aromatic N) is 1. The van der Waals surface area contributed by atoms with Gasteiger partial charge in [-0.1, -0.05) is 0 Å². The largest absolute Gasteiger partial charge is 0.497 e. The average Bonchev–Trinajstić information content (AvgIpc) is 2.94. The van der Waals surface area contributed by atoms with Crippen LogP contribution in [-0.4, -0.2) is 23.0 Å². The number of imidazole rings is 1. The molecule has 0 fully saturated rings. The number of methoxy groups -OCH3 is 1. The Bertz CT molecular complexity index is 812. The Kier molecular flexibility index (Phi) is 3.74. The van der Waals surface area contributed by atoms with Crippen molar-refractivity contribution in [1.29, 1.82) is 0 Å². The monoisotopic (exact) mass is 299 g/mol. The fourth-order valence-corrected chi connectivity index (χ4v) is 2.13. The predicted molar refractivity (Wildman–Crippen MR) is 80.2 cm³/mol. The Morgan fingerprint density at radius 3 is 2.77 bits per heavy atom. The first-order chi connectivity index (χ1) is 10.7. The number of aromatic amines is 1. The lowest BCUT2D eigenvalue weighted by Crippen LogP contribution is -2.23. The molecule has 0 spiro atoms. The molecule has 0 aliphatic carbocycles. The molecule has 2 aromatic carbocycles. The summed E-state index contributed by atoms with van der Waals surface area (Å²) in [4.78, 5) is 19.3. The Labute approximate surface area is 126 Å². The minimum atomic E-state index is -0.329. The van der Waals surface area contributed by atoms with Crippen molar-refractivity contribution in [3.63, 3.8) is 0 Å². The number of H-pyrrole nitrogens is 1. The van der Waals surface area contributed by atoms with Crippen molar-refractivity contribution in [2.24, 2.45) is 0 Å². The molecule has 0 aliphatic rings. The summed E-state index contributed by atoms with van der Waals surface area (Å²) < 4.78 is 18.2. The van der Waals surface area contributed by atoms with Gasteiger partial charge in [-0.25, -0.2) is 9.37 Å². The van der Waals surface area contributed by atoms with E-state index in [1.165, 1.54) is 12.1 Å². The van der Waals surface area contributed by atoms with Gasteiger partial charge in [-0.05, 0) is 42.5 Å². The second-order valence-corrected chi connectivity index (χ2v) is 4.76. The lowest BCUT2D eigenvalue weighted by molar-refractivity contribution is 0.0950. The molecular formula is C16H14FN3O2. The van der Waals surface area contributed by atoms with Crippen molar-refractivity contribution in [2.75, 3.05) is 7.11 Å². The summed E-state index contributed by atoms with van der Waals surface area (Å²) in [5, 5.41) is 2.76. The molecule has 0 aliphatic heterocycles. The second-order valence-electron chi connectivity index (χ2n) is 4.76. The number of carbonyl (C=O) groups excluding carboxylic acids is 1. The molecule has 22 heavy (non-hydrogen) atoms. The van der Waals surface area contributed by atoms with Crippen LogP contribution in [0.3, 0.4) is 0 Å². The van der Waals surface area contributed by atoms with Gasteiger partial charge in [0, 0.05) is 5.56 Å². The van der Waals surface area contributed by atoms with Crippen LogP contribution in [0.4, 0.5) is 4.39 Å². The molecule has 0 bridgehead atoms. The number of rotatable bonds is 4. The standard InChI is InChI=1S/C16H14FN3O2/c1-22-12-5-2-10(3-6-12)16(21)18-9-15-19-13-7-4-11(17)8-14(13)20-15/h2-8H,9H2,1H3,(H,18,21)(H,19,20). The van der Waals surface area contributed by atoms with Gasteiger partial charge in [0.2, 0.25) is 0 Å². The van der Waals surface area contributed by atoms with Gasteiger partial charge in [0.15, 0.2) is 0 Å². The normalized spacial score (nSPS) is 10.6. The minimum Gasteiger partial charge on any atom is -0.497 e. The van der Waals surface area contributed by atoms with E-state index in [1.54, 1.807) is 37.4 Å². The van der Waals surface area contributed by atoms with E-state index in [2.05, 4.69) is 15.3 Å². The maximum absolute atomic E-state index is 13.1. The molecule has 0 saturated carbocycles. The molecule has 1 aromatic heterocycles. The van der Waals surface area contributed by atoms with Crippen LogP contribution in [0.15, 0.2) is 42.5 Å². The number of carbonyl (C=O) groups is 1. The molecular weight excluding hydrogens is 285 g/mol. The van der Waals surface area contributed by atoms with Crippen LogP contribution in [0.5, 0.6) is 5.75 Å². The summed E-state index contributed by atoms with van der Waals surface area (Å²) in [5.41, 5.74) is 1.80. The molecule has 0 radical (unpaired) electrons. The van der Waals surface area contributed by atoms with Gasteiger partial charge in [0.05, 0.1) is 24.7 Å². The summed E-state index contributed by atoms with van der Waals surface area (Å²) >= 11 is 0. The number of halogens is 1. The smallest absolute Gasteiger partial charge is 0.251 e. The van der Waals surface area contributed by atoms with E-state index in [1.807, 2.05) is 0 Å². The highest BCUT2D eigenvalue weighted by Gasteiger charge is 2.08. The summed E-state index contributed by atoms with van der Waals surface area (Å²) in [7, 11) is 1.57. The topological polar surface area (TPSA) is 67.0 Å². The number of nitrogens with one attached hydrogen (secondary N) is 2. The lowest BCUT2D eigenvalue weighted by Gasteiger charge is -2.04. The third-order valence-electron chi connectivity index (χ3n) is 3.26. The average molecular weight is 299 g/mol. The molecule has 5 nitrogen and oxygen atoms in total. The lowest BCUT2D eigenvalue weighted by atomic mass is 10.2. The Morgan fingerprint density at radius 1 is 1.27 bits per heavy atom. The molecule has 2 N–H and O–H groups in total. The van der Waals surface area contributed by atoms with Crippen LogP contribution >= 0.6 is 0 Å². The SMILES string of the molecule is COc1ccc(C(=O)NCc2nc3ccc(F)cc3[nH]2)cc1. The van der Waals surface area contributed by atoms with Crippen molar-refractivity contribution in [1.82, 2.24) is 15.3 Å². The molecule has 6 heteroatoms. The molecule has 3 rings (SSSR count). The van der Waals surface area contributed by atoms with E-state index in [0.29, 0.717) is 28.2 Å². The first kappa shape index (κ1) is 14.1. The van der Waals surface area contributed by atoms with Gasteiger partial charge >= 0.3 is 0 Å². The Morgan fingerprint density at radius 2 is 2.05 bits per heavy atom. The highest BCUT2D eigenvalue weighted by molar-refractivity contribution is 5.94. The number of ether oxygens (including phenoxy) is 1. The Balaban J connectivity index is 1.68. The number of amides is 1. The van der Waals surface area contributed by atoms with Crippen molar-refractivity contribution in [3.05, 3.63) is 59.7 Å². The fourth-order valence-electron chi connectivity index (χ4n) is 2.13. The van der Waals surface area contributed by atoms with Gasteiger partial charge in [0.25, 0.3) is 5.91 Å². The molecule has 3 aromatic rings. The van der Waals surface area contributed by atoms with Gasteiger partial charge in [0.1, 0.15) is 17.4 Å². The van der Waals surface area contributed by atoms with E-state index in [4.69, 9.17) is 4.74 Å². The Hall–Kier alpha value is -2.89. The van der Waals surface area contributed by atoms with Crippen LogP contribution in [-0.2, 0) is 6.54 Å². The molecule has 0 saturated heterocycles. The molecule has 0 unspecified atom stereocenters. The van der Waals surface area contributed by atoms with Gasteiger partial charge in [-0.2, -0.15) is 0 Å². The van der Waals surface area contributed by atoms with Crippen LogP contribution in [0.1, 0.15) is 16.2 Å². The van der Waals surface area contributed by atoms with Gasteiger partial charge in [-0.15, -0.1) is 0 Å². The van der Waals surface area contributed by atoms with Gasteiger partial charge in [-0.3, -0.25) is 4.79 Å². The fraction of sp³-hybridized carbons (Fsp3) is 0.125. The van der Waals surface area contributed by atoms with Crippen LogP contribution < -0.4 is 10.1 Å². The quantitative estimate of drug-likeness (QED) is 0.778. The van der Waals surface area contributed by atoms with E-state index in [0.717, 1.165) is 0 Å². The van der Waals surface area contributed by atoms with Crippen LogP contribution in [0, 0.1) is 5.82 Å². The van der Waals surface area contributed by atoms with Crippen molar-refractivity contribution < 1.29 is 13.9 Å². The summed E-state index contributed by atoms with van der Waals surface area (Å²) in [6.07, 6.45) is 0. The van der Waals surface area contributed by atoms with Crippen LogP contribution in [0.25, 0.3) is 11.0 Å². The molecule has 0 atom stereocenters. The zero-order valence-electron chi connectivity index (χ0n) is 11.9. The molecule has 112 valence electrons. The van der Waals surface area contributed by atoms with Crippen LogP contribution in [0.2, 0.25) is 0 Å². The zero-order valence-corrected chi connectivity index (χ0v) is 11.9. The summed E-state index contributed by atoms with van der Waals surface area (Å²) in [6.45, 7) is 0.237. The maximum atomic E-state index is 13.1. The third-order valence-corrected chi connectivity index (χ3v) is 3.26. The maximum Gasteiger partial charge on any atom is 0.251 e. The highest BCUT2D eigenvalue weighted by Crippen LogP contribution is 2.13. The first-order valence-electron chi connectivity index (χ1n) is 6.72.